The summed E-state index contributed by atoms with van der Waals surface area (Å²) in [6.45, 7) is 9.96. The van der Waals surface area contributed by atoms with Crippen LogP contribution in [0, 0.1) is 6.92 Å². The van der Waals surface area contributed by atoms with Gasteiger partial charge in [0.15, 0.2) is 0 Å². The lowest BCUT2D eigenvalue weighted by Crippen LogP contribution is -2.45. The van der Waals surface area contributed by atoms with Crippen molar-refractivity contribution in [2.24, 2.45) is 0 Å². The number of thiazole rings is 1. The van der Waals surface area contributed by atoms with Gasteiger partial charge in [0, 0.05) is 51.2 Å². The number of nitrogens with one attached hydrogen (secondary N) is 1. The van der Waals surface area contributed by atoms with E-state index in [-0.39, 0.29) is 37.2 Å². The Balaban J connectivity index is 0. The highest BCUT2D eigenvalue weighted by Crippen LogP contribution is 2.09. The van der Waals surface area contributed by atoms with Crippen LogP contribution < -0.4 is 5.32 Å². The monoisotopic (exact) mass is 362 g/mol. The second-order valence-electron chi connectivity index (χ2n) is 4.69. The van der Waals surface area contributed by atoms with Crippen molar-refractivity contribution >= 4 is 48.6 Å². The molecule has 1 N–H and O–H groups in total. The second-order valence-corrected chi connectivity index (χ2v) is 5.75. The predicted octanol–water partition coefficient (Wildman–Crippen LogP) is 2.05. The number of aryl methyl sites for hydroxylation is 1. The highest BCUT2D eigenvalue weighted by atomic mass is 35.5. The molecular formula is C12H25Cl3N4S. The molecule has 0 saturated carbocycles. The number of piperazine rings is 1. The normalized spacial score (nSPS) is 15.2. The lowest BCUT2D eigenvalue weighted by atomic mass is 10.3. The zero-order chi connectivity index (χ0) is 12.1. The third-order valence-corrected chi connectivity index (χ3v) is 3.93. The van der Waals surface area contributed by atoms with Gasteiger partial charge in [-0.15, -0.1) is 48.6 Å². The van der Waals surface area contributed by atoms with Crippen molar-refractivity contribution in [3.8, 4) is 0 Å². The zero-order valence-electron chi connectivity index (χ0n) is 12.0. The minimum absolute atomic E-state index is 0. The molecule has 2 rings (SSSR count). The van der Waals surface area contributed by atoms with Gasteiger partial charge in [0.1, 0.15) is 0 Å². The molecule has 8 heteroatoms. The van der Waals surface area contributed by atoms with Gasteiger partial charge in [0.05, 0.1) is 10.7 Å². The van der Waals surface area contributed by atoms with Crippen LogP contribution in [0.4, 0.5) is 0 Å². The minimum atomic E-state index is 0. The third kappa shape index (κ3) is 7.98. The first-order chi connectivity index (χ1) is 8.24. The lowest BCUT2D eigenvalue weighted by molar-refractivity contribution is 0.201. The number of halogens is 3. The molecule has 0 spiro atoms. The summed E-state index contributed by atoms with van der Waals surface area (Å²) in [7, 11) is 2.18. The van der Waals surface area contributed by atoms with Crippen molar-refractivity contribution in [2.75, 3.05) is 46.3 Å². The molecule has 0 atom stereocenters. The molecule has 0 amide bonds. The fraction of sp³-hybridized carbons (Fsp3) is 0.750. The van der Waals surface area contributed by atoms with Gasteiger partial charge in [-0.1, -0.05) is 0 Å². The van der Waals surface area contributed by atoms with Crippen molar-refractivity contribution in [3.63, 3.8) is 0 Å². The highest BCUT2D eigenvalue weighted by molar-refractivity contribution is 7.09. The Hall–Kier alpha value is 0.380. The van der Waals surface area contributed by atoms with E-state index in [4.69, 9.17) is 0 Å². The van der Waals surface area contributed by atoms with Crippen LogP contribution in [-0.2, 0) is 6.54 Å². The average molecular weight is 364 g/mol. The van der Waals surface area contributed by atoms with E-state index in [1.165, 1.54) is 25.3 Å². The summed E-state index contributed by atoms with van der Waals surface area (Å²) in [6, 6.07) is 0. The summed E-state index contributed by atoms with van der Waals surface area (Å²) in [6.07, 6.45) is 0. The van der Waals surface area contributed by atoms with Crippen LogP contribution in [-0.4, -0.2) is 61.1 Å². The molecule has 0 bridgehead atoms. The molecule has 1 aliphatic heterocycles. The van der Waals surface area contributed by atoms with Crippen LogP contribution in [0.15, 0.2) is 5.38 Å². The highest BCUT2D eigenvalue weighted by Gasteiger charge is 2.10. The number of likely N-dealkylation sites (N-methyl/N-ethyl adjacent to an activating group) is 1. The fourth-order valence-electron chi connectivity index (χ4n) is 2.08. The Morgan fingerprint density at radius 2 is 1.95 bits per heavy atom. The maximum absolute atomic E-state index is 4.50. The first-order valence-corrected chi connectivity index (χ1v) is 7.14. The van der Waals surface area contributed by atoms with Crippen LogP contribution in [0.25, 0.3) is 0 Å². The molecule has 0 radical (unpaired) electrons. The quantitative estimate of drug-likeness (QED) is 0.867. The first kappa shape index (κ1) is 22.7. The van der Waals surface area contributed by atoms with Crippen molar-refractivity contribution < 1.29 is 0 Å². The Bertz CT molecular complexity index is 345. The maximum atomic E-state index is 4.50. The smallest absolute Gasteiger partial charge is 0.0897 e. The maximum Gasteiger partial charge on any atom is 0.0897 e. The van der Waals surface area contributed by atoms with E-state index < -0.39 is 0 Å². The Kier molecular flexibility index (Phi) is 13.6. The Morgan fingerprint density at radius 3 is 2.50 bits per heavy atom. The van der Waals surface area contributed by atoms with Crippen LogP contribution in [0.3, 0.4) is 0 Å². The van der Waals surface area contributed by atoms with Crippen LogP contribution in [0.1, 0.15) is 10.7 Å². The number of hydrogen-bond donors (Lipinski definition) is 1. The van der Waals surface area contributed by atoms with Crippen molar-refractivity contribution in [2.45, 2.75) is 13.5 Å². The van der Waals surface area contributed by atoms with Gasteiger partial charge in [-0.2, -0.15) is 0 Å². The molecule has 0 unspecified atom stereocenters. The van der Waals surface area contributed by atoms with Crippen LogP contribution in [0.2, 0.25) is 0 Å². The van der Waals surface area contributed by atoms with E-state index in [0.29, 0.717) is 0 Å². The van der Waals surface area contributed by atoms with Crippen LogP contribution in [0.5, 0.6) is 0 Å². The molecule has 1 aromatic heterocycles. The Morgan fingerprint density at radius 1 is 1.30 bits per heavy atom. The number of hydrogen-bond acceptors (Lipinski definition) is 5. The van der Waals surface area contributed by atoms with Gasteiger partial charge in [0.2, 0.25) is 0 Å². The van der Waals surface area contributed by atoms with E-state index >= 15 is 0 Å². The Labute approximate surface area is 144 Å². The molecule has 1 aromatic rings. The van der Waals surface area contributed by atoms with E-state index in [1.54, 1.807) is 11.3 Å². The van der Waals surface area contributed by atoms with Crippen molar-refractivity contribution in [1.82, 2.24) is 20.1 Å². The van der Waals surface area contributed by atoms with Crippen molar-refractivity contribution in [3.05, 3.63) is 16.1 Å². The molecule has 1 aliphatic rings. The molecule has 2 heterocycles. The average Bonchev–Trinajstić information content (AvgIpc) is 2.73. The summed E-state index contributed by atoms with van der Waals surface area (Å²) >= 11 is 1.74. The predicted molar refractivity (Wildman–Crippen MR) is 94.2 cm³/mol. The van der Waals surface area contributed by atoms with Gasteiger partial charge < -0.3 is 5.32 Å². The minimum Gasteiger partial charge on any atom is -0.314 e. The lowest BCUT2D eigenvalue weighted by Gasteiger charge is -2.28. The molecular weight excluding hydrogens is 339 g/mol. The second kappa shape index (κ2) is 12.0. The molecule has 0 aliphatic carbocycles. The van der Waals surface area contributed by atoms with E-state index in [0.717, 1.165) is 31.2 Å². The largest absolute Gasteiger partial charge is 0.314 e. The standard InChI is InChI=1S/C12H22N4S.3ClH/c1-11-14-12(10-17-11)9-15(2)7-8-16-5-3-13-4-6-16;;;/h10,13H,3-9H2,1-2H3;3*1H. The topological polar surface area (TPSA) is 31.4 Å². The van der Waals surface area contributed by atoms with Gasteiger partial charge >= 0.3 is 0 Å². The van der Waals surface area contributed by atoms with Gasteiger partial charge in [-0.25, -0.2) is 4.98 Å². The number of nitrogens with zero attached hydrogens (tertiary/aromatic N) is 3. The van der Waals surface area contributed by atoms with Gasteiger partial charge in [0.25, 0.3) is 0 Å². The molecule has 120 valence electrons. The first-order valence-electron chi connectivity index (χ1n) is 6.26. The van der Waals surface area contributed by atoms with E-state index in [2.05, 4.69) is 39.5 Å². The summed E-state index contributed by atoms with van der Waals surface area (Å²) in [5.74, 6) is 0. The van der Waals surface area contributed by atoms with E-state index in [1.807, 2.05) is 0 Å². The fourth-order valence-corrected chi connectivity index (χ4v) is 2.69. The summed E-state index contributed by atoms with van der Waals surface area (Å²) in [4.78, 5) is 9.38. The molecule has 1 saturated heterocycles. The molecule has 1 fully saturated rings. The zero-order valence-corrected chi connectivity index (χ0v) is 15.3. The van der Waals surface area contributed by atoms with Crippen LogP contribution >= 0.6 is 48.6 Å². The number of rotatable bonds is 5. The van der Waals surface area contributed by atoms with E-state index in [9.17, 15) is 0 Å². The van der Waals surface area contributed by atoms with Gasteiger partial charge in [-0.3, -0.25) is 9.80 Å². The molecule has 20 heavy (non-hydrogen) atoms. The third-order valence-electron chi connectivity index (χ3n) is 3.11. The molecule has 4 nitrogen and oxygen atoms in total. The summed E-state index contributed by atoms with van der Waals surface area (Å²) < 4.78 is 0. The summed E-state index contributed by atoms with van der Waals surface area (Å²) in [5, 5.41) is 6.71. The number of aromatic nitrogens is 1. The SMILES string of the molecule is Cc1nc(CN(C)CCN2CCNCC2)cs1.Cl.Cl.Cl. The van der Waals surface area contributed by atoms with Gasteiger partial charge in [-0.05, 0) is 14.0 Å². The van der Waals surface area contributed by atoms with Crippen molar-refractivity contribution in [1.29, 1.82) is 0 Å². The molecule has 0 aromatic carbocycles. The summed E-state index contributed by atoms with van der Waals surface area (Å²) in [5.41, 5.74) is 1.20.